The van der Waals surface area contributed by atoms with E-state index in [9.17, 15) is 4.79 Å². The minimum atomic E-state index is -0.539. The number of amides is 1. The van der Waals surface area contributed by atoms with Crippen LogP contribution in [0.1, 0.15) is 17.7 Å². The molecule has 0 aliphatic carbocycles. The quantitative estimate of drug-likeness (QED) is 0.395. The maximum atomic E-state index is 13.4. The minimum Gasteiger partial charge on any atom is -0.492 e. The summed E-state index contributed by atoms with van der Waals surface area (Å²) in [5.41, 5.74) is 1.49. The molecule has 1 atom stereocenters. The van der Waals surface area contributed by atoms with E-state index < -0.39 is 5.25 Å². The summed E-state index contributed by atoms with van der Waals surface area (Å²) >= 11 is 1.33. The van der Waals surface area contributed by atoms with E-state index in [0.717, 1.165) is 5.56 Å². The molecule has 0 radical (unpaired) electrons. The molecule has 2 aromatic heterocycles. The molecule has 0 saturated heterocycles. The molecule has 1 amide bonds. The van der Waals surface area contributed by atoms with Crippen LogP contribution in [0.2, 0.25) is 0 Å². The van der Waals surface area contributed by atoms with Gasteiger partial charge in [0.15, 0.2) is 16.7 Å². The molecule has 0 bridgehead atoms. The Balaban J connectivity index is 1.63. The van der Waals surface area contributed by atoms with Crippen LogP contribution >= 0.6 is 11.8 Å². The van der Waals surface area contributed by atoms with E-state index in [1.165, 1.54) is 11.8 Å². The Hall–Kier alpha value is -3.52. The molecule has 0 unspecified atom stereocenters. The first-order valence-electron chi connectivity index (χ1n) is 9.85. The second-order valence-electron chi connectivity index (χ2n) is 6.67. The number of nitrogens with one attached hydrogen (secondary N) is 1. The monoisotopic (exact) mass is 434 g/mol. The normalized spacial score (nSPS) is 11.8. The third kappa shape index (κ3) is 4.64. The van der Waals surface area contributed by atoms with E-state index in [2.05, 4.69) is 15.5 Å². The van der Waals surface area contributed by atoms with E-state index in [4.69, 9.17) is 9.15 Å². The van der Waals surface area contributed by atoms with Gasteiger partial charge in [-0.25, -0.2) is 0 Å². The number of carbonyl (C=O) groups excluding carboxylic acids is 1. The lowest BCUT2D eigenvalue weighted by Crippen LogP contribution is -2.20. The van der Waals surface area contributed by atoms with Crippen molar-refractivity contribution in [3.8, 4) is 17.3 Å². The molecular weight excluding hydrogens is 412 g/mol. The van der Waals surface area contributed by atoms with Crippen molar-refractivity contribution >= 4 is 23.4 Å². The van der Waals surface area contributed by atoms with Crippen molar-refractivity contribution in [2.24, 2.45) is 7.05 Å². The van der Waals surface area contributed by atoms with Crippen LogP contribution in [-0.4, -0.2) is 27.3 Å². The van der Waals surface area contributed by atoms with Crippen molar-refractivity contribution in [1.82, 2.24) is 14.8 Å². The zero-order valence-electron chi connectivity index (χ0n) is 17.2. The number of ether oxygens (including phenoxy) is 1. The molecule has 4 rings (SSSR count). The highest BCUT2D eigenvalue weighted by molar-refractivity contribution is 8.00. The van der Waals surface area contributed by atoms with Crippen molar-refractivity contribution in [3.05, 3.63) is 78.6 Å². The van der Waals surface area contributed by atoms with Gasteiger partial charge in [0, 0.05) is 7.05 Å². The van der Waals surface area contributed by atoms with Gasteiger partial charge in [-0.1, -0.05) is 54.2 Å². The van der Waals surface area contributed by atoms with Gasteiger partial charge in [0.2, 0.25) is 5.91 Å². The fraction of sp³-hybridized carbons (Fsp3) is 0.174. The van der Waals surface area contributed by atoms with E-state index in [-0.39, 0.29) is 5.91 Å². The van der Waals surface area contributed by atoms with Gasteiger partial charge in [-0.2, -0.15) is 0 Å². The Labute approximate surface area is 184 Å². The van der Waals surface area contributed by atoms with Crippen LogP contribution < -0.4 is 10.1 Å². The molecule has 7 nitrogen and oxygen atoms in total. The summed E-state index contributed by atoms with van der Waals surface area (Å²) in [4.78, 5) is 13.4. The zero-order chi connectivity index (χ0) is 21.6. The van der Waals surface area contributed by atoms with Crippen molar-refractivity contribution in [3.63, 3.8) is 0 Å². The topological polar surface area (TPSA) is 82.2 Å². The van der Waals surface area contributed by atoms with Crippen LogP contribution in [0.3, 0.4) is 0 Å². The molecule has 2 aromatic carbocycles. The lowest BCUT2D eigenvalue weighted by molar-refractivity contribution is -0.115. The second-order valence-corrected chi connectivity index (χ2v) is 7.74. The van der Waals surface area contributed by atoms with E-state index in [0.29, 0.717) is 34.8 Å². The summed E-state index contributed by atoms with van der Waals surface area (Å²) in [5.74, 6) is 1.68. The Morgan fingerprint density at radius 3 is 2.61 bits per heavy atom. The van der Waals surface area contributed by atoms with Crippen LogP contribution in [0.5, 0.6) is 5.75 Å². The SMILES string of the molecule is CCOc1ccccc1NC(=O)[C@H](Sc1nnc(-c2ccco2)n1C)c1ccccc1. The summed E-state index contributed by atoms with van der Waals surface area (Å²) in [6.07, 6.45) is 1.59. The first-order chi connectivity index (χ1) is 15.2. The van der Waals surface area contributed by atoms with Crippen molar-refractivity contribution in [1.29, 1.82) is 0 Å². The number of para-hydroxylation sites is 2. The predicted molar refractivity (Wildman–Crippen MR) is 120 cm³/mol. The van der Waals surface area contributed by atoms with Crippen LogP contribution in [0, 0.1) is 0 Å². The zero-order valence-corrected chi connectivity index (χ0v) is 18.0. The van der Waals surface area contributed by atoms with E-state index in [1.807, 2.05) is 79.2 Å². The Bertz CT molecular complexity index is 1140. The third-order valence-corrected chi connectivity index (χ3v) is 5.87. The average molecular weight is 435 g/mol. The summed E-state index contributed by atoms with van der Waals surface area (Å²) in [7, 11) is 1.85. The minimum absolute atomic E-state index is 0.175. The van der Waals surface area contributed by atoms with Gasteiger partial charge in [-0.3, -0.25) is 4.79 Å². The van der Waals surface area contributed by atoms with Gasteiger partial charge in [-0.15, -0.1) is 10.2 Å². The highest BCUT2D eigenvalue weighted by Crippen LogP contribution is 2.37. The van der Waals surface area contributed by atoms with Crippen molar-refractivity contribution in [2.75, 3.05) is 11.9 Å². The number of hydrogen-bond acceptors (Lipinski definition) is 6. The van der Waals surface area contributed by atoms with Crippen molar-refractivity contribution < 1.29 is 13.9 Å². The molecule has 0 saturated carbocycles. The van der Waals surface area contributed by atoms with Crippen LogP contribution in [0.25, 0.3) is 11.6 Å². The highest BCUT2D eigenvalue weighted by Gasteiger charge is 2.26. The van der Waals surface area contributed by atoms with E-state index in [1.54, 1.807) is 12.3 Å². The molecule has 0 spiro atoms. The number of aromatic nitrogens is 3. The summed E-state index contributed by atoms with van der Waals surface area (Å²) < 4.78 is 12.9. The van der Waals surface area contributed by atoms with Crippen molar-refractivity contribution in [2.45, 2.75) is 17.3 Å². The van der Waals surface area contributed by atoms with Gasteiger partial charge in [0.25, 0.3) is 0 Å². The first kappa shape index (κ1) is 20.7. The fourth-order valence-electron chi connectivity index (χ4n) is 3.09. The van der Waals surface area contributed by atoms with Crippen LogP contribution in [0.4, 0.5) is 5.69 Å². The number of nitrogens with zero attached hydrogens (tertiary/aromatic N) is 3. The maximum Gasteiger partial charge on any atom is 0.242 e. The first-order valence-corrected chi connectivity index (χ1v) is 10.7. The van der Waals surface area contributed by atoms with Crippen LogP contribution in [-0.2, 0) is 11.8 Å². The maximum absolute atomic E-state index is 13.4. The Morgan fingerprint density at radius 2 is 1.87 bits per heavy atom. The third-order valence-electron chi connectivity index (χ3n) is 4.58. The van der Waals surface area contributed by atoms with Gasteiger partial charge in [0.1, 0.15) is 11.0 Å². The number of anilines is 1. The Kier molecular flexibility index (Phi) is 6.37. The number of carbonyl (C=O) groups is 1. The predicted octanol–water partition coefficient (Wildman–Crippen LogP) is 4.95. The molecular formula is C23H22N4O3S. The lowest BCUT2D eigenvalue weighted by atomic mass is 10.1. The summed E-state index contributed by atoms with van der Waals surface area (Å²) in [6, 6.07) is 20.6. The smallest absolute Gasteiger partial charge is 0.242 e. The molecule has 4 aromatic rings. The average Bonchev–Trinajstić information content (AvgIpc) is 3.44. The molecule has 158 valence electrons. The van der Waals surface area contributed by atoms with Gasteiger partial charge >= 0.3 is 0 Å². The van der Waals surface area contributed by atoms with E-state index >= 15 is 0 Å². The summed E-state index contributed by atoms with van der Waals surface area (Å²) in [6.45, 7) is 2.42. The fourth-order valence-corrected chi connectivity index (χ4v) is 4.10. The molecule has 0 fully saturated rings. The molecule has 1 N–H and O–H groups in total. The van der Waals surface area contributed by atoms with Gasteiger partial charge < -0.3 is 19.0 Å². The number of benzene rings is 2. The van der Waals surface area contributed by atoms with Gasteiger partial charge in [0.05, 0.1) is 18.6 Å². The van der Waals surface area contributed by atoms with Gasteiger partial charge in [-0.05, 0) is 36.8 Å². The largest absolute Gasteiger partial charge is 0.492 e. The molecule has 8 heteroatoms. The standard InChI is InChI=1S/C23H22N4O3S/c1-3-29-18-13-8-7-12-17(18)24-22(28)20(16-10-5-4-6-11-16)31-23-26-25-21(27(23)2)19-14-9-15-30-19/h4-15,20H,3H2,1-2H3,(H,24,28)/t20-/m1/s1. The Morgan fingerprint density at radius 1 is 1.10 bits per heavy atom. The second kappa shape index (κ2) is 9.53. The summed E-state index contributed by atoms with van der Waals surface area (Å²) in [5, 5.41) is 11.6. The molecule has 0 aliphatic heterocycles. The molecule has 2 heterocycles. The lowest BCUT2D eigenvalue weighted by Gasteiger charge is -2.18. The number of furan rings is 1. The molecule has 0 aliphatic rings. The van der Waals surface area contributed by atoms with Crippen LogP contribution in [0.15, 0.2) is 82.6 Å². The molecule has 31 heavy (non-hydrogen) atoms. The number of rotatable bonds is 8. The highest BCUT2D eigenvalue weighted by atomic mass is 32.2. The number of thioether (sulfide) groups is 1. The number of hydrogen-bond donors (Lipinski definition) is 1.